The number of nitrogens with one attached hydrogen (secondary N) is 1. The van der Waals surface area contributed by atoms with Crippen LogP contribution in [0.4, 0.5) is 5.69 Å². The van der Waals surface area contributed by atoms with E-state index in [4.69, 9.17) is 21.1 Å². The van der Waals surface area contributed by atoms with E-state index in [2.05, 4.69) is 5.32 Å². The molecule has 0 aliphatic heterocycles. The normalized spacial score (nSPS) is 10.3. The van der Waals surface area contributed by atoms with Crippen molar-refractivity contribution in [2.45, 2.75) is 13.5 Å². The molecule has 0 saturated carbocycles. The molecule has 1 heterocycles. The minimum Gasteiger partial charge on any atom is -0.475 e. The number of hydrogen-bond donors (Lipinski definition) is 2. The molecule has 2 aromatic rings. The minimum atomic E-state index is -1.07. The van der Waals surface area contributed by atoms with Crippen molar-refractivity contribution in [2.24, 2.45) is 0 Å². The van der Waals surface area contributed by atoms with Crippen molar-refractivity contribution < 1.29 is 14.3 Å². The second-order valence-corrected chi connectivity index (χ2v) is 4.32. The van der Waals surface area contributed by atoms with Crippen molar-refractivity contribution in [3.8, 4) is 0 Å². The molecule has 0 saturated heterocycles. The average molecular weight is 266 g/mol. The van der Waals surface area contributed by atoms with Crippen LogP contribution >= 0.6 is 11.6 Å². The van der Waals surface area contributed by atoms with Crippen LogP contribution in [0.1, 0.15) is 21.9 Å². The van der Waals surface area contributed by atoms with Gasteiger partial charge in [0.15, 0.2) is 0 Å². The molecule has 0 unspecified atom stereocenters. The van der Waals surface area contributed by atoms with E-state index < -0.39 is 5.97 Å². The fourth-order valence-electron chi connectivity index (χ4n) is 1.60. The van der Waals surface area contributed by atoms with Crippen LogP contribution in [0.3, 0.4) is 0 Å². The zero-order chi connectivity index (χ0) is 13.1. The first kappa shape index (κ1) is 12.5. The maximum Gasteiger partial charge on any atom is 0.371 e. The fourth-order valence-corrected chi connectivity index (χ4v) is 1.82. The van der Waals surface area contributed by atoms with E-state index >= 15 is 0 Å². The van der Waals surface area contributed by atoms with Crippen LogP contribution in [0.15, 0.2) is 34.7 Å². The summed E-state index contributed by atoms with van der Waals surface area (Å²) in [5.41, 5.74) is 1.96. The number of furan rings is 1. The molecule has 0 aliphatic carbocycles. The molecule has 94 valence electrons. The molecule has 0 atom stereocenters. The van der Waals surface area contributed by atoms with Gasteiger partial charge in [-0.25, -0.2) is 4.79 Å². The van der Waals surface area contributed by atoms with Crippen LogP contribution in [0, 0.1) is 6.92 Å². The summed E-state index contributed by atoms with van der Waals surface area (Å²) in [7, 11) is 0. The first-order valence-electron chi connectivity index (χ1n) is 5.38. The van der Waals surface area contributed by atoms with Crippen LogP contribution in [0.25, 0.3) is 0 Å². The molecule has 5 heteroatoms. The van der Waals surface area contributed by atoms with Gasteiger partial charge in [0.25, 0.3) is 0 Å². The topological polar surface area (TPSA) is 62.5 Å². The molecule has 2 N–H and O–H groups in total. The second kappa shape index (κ2) is 5.14. The first-order valence-corrected chi connectivity index (χ1v) is 5.76. The Morgan fingerprint density at radius 1 is 1.39 bits per heavy atom. The molecule has 1 aromatic carbocycles. The average Bonchev–Trinajstić information content (AvgIpc) is 2.76. The van der Waals surface area contributed by atoms with Crippen molar-refractivity contribution in [3.05, 3.63) is 52.4 Å². The number of aromatic carboxylic acids is 1. The van der Waals surface area contributed by atoms with E-state index in [1.165, 1.54) is 6.07 Å². The molecule has 4 nitrogen and oxygen atoms in total. The largest absolute Gasteiger partial charge is 0.475 e. The number of carbonyl (C=O) groups is 1. The Balaban J connectivity index is 2.04. The summed E-state index contributed by atoms with van der Waals surface area (Å²) < 4.78 is 5.14. The minimum absolute atomic E-state index is 0.0559. The predicted molar refractivity (Wildman–Crippen MR) is 69.2 cm³/mol. The molecular formula is C13H12ClNO3. The molecular weight excluding hydrogens is 254 g/mol. The third-order valence-electron chi connectivity index (χ3n) is 2.51. The molecule has 0 radical (unpaired) electrons. The van der Waals surface area contributed by atoms with E-state index in [0.29, 0.717) is 17.3 Å². The lowest BCUT2D eigenvalue weighted by Gasteiger charge is -2.08. The zero-order valence-corrected chi connectivity index (χ0v) is 10.5. The summed E-state index contributed by atoms with van der Waals surface area (Å²) >= 11 is 5.86. The molecule has 0 spiro atoms. The van der Waals surface area contributed by atoms with Crippen LogP contribution in [0.2, 0.25) is 5.02 Å². The highest BCUT2D eigenvalue weighted by atomic mass is 35.5. The maximum absolute atomic E-state index is 10.7. The number of hydrogen-bond acceptors (Lipinski definition) is 3. The quantitative estimate of drug-likeness (QED) is 0.887. The molecule has 2 rings (SSSR count). The third kappa shape index (κ3) is 2.84. The van der Waals surface area contributed by atoms with Gasteiger partial charge in [0.05, 0.1) is 6.54 Å². The maximum atomic E-state index is 10.7. The summed E-state index contributed by atoms with van der Waals surface area (Å²) in [5, 5.41) is 12.6. The number of rotatable bonds is 4. The predicted octanol–water partition coefficient (Wildman–Crippen LogP) is 3.55. The van der Waals surface area contributed by atoms with Gasteiger partial charge in [-0.3, -0.25) is 0 Å². The molecule has 0 amide bonds. The van der Waals surface area contributed by atoms with E-state index in [1.807, 2.05) is 19.1 Å². The van der Waals surface area contributed by atoms with Gasteiger partial charge in [0, 0.05) is 10.7 Å². The Kier molecular flexibility index (Phi) is 3.58. The Morgan fingerprint density at radius 2 is 2.17 bits per heavy atom. The van der Waals surface area contributed by atoms with Crippen LogP contribution < -0.4 is 5.32 Å². The zero-order valence-electron chi connectivity index (χ0n) is 9.74. The number of halogens is 1. The Labute approximate surface area is 109 Å². The van der Waals surface area contributed by atoms with Gasteiger partial charge in [-0.1, -0.05) is 11.6 Å². The lowest BCUT2D eigenvalue weighted by atomic mass is 10.2. The van der Waals surface area contributed by atoms with E-state index in [0.717, 1.165) is 11.3 Å². The molecule has 0 bridgehead atoms. The smallest absolute Gasteiger partial charge is 0.371 e. The number of aryl methyl sites for hydroxylation is 1. The van der Waals surface area contributed by atoms with Gasteiger partial charge in [0.2, 0.25) is 5.76 Å². The molecule has 1 aromatic heterocycles. The lowest BCUT2D eigenvalue weighted by Crippen LogP contribution is -2.00. The molecule has 0 aliphatic rings. The number of carboxylic acid groups (broad SMARTS) is 1. The van der Waals surface area contributed by atoms with E-state index in [-0.39, 0.29) is 5.76 Å². The second-order valence-electron chi connectivity index (χ2n) is 3.88. The lowest BCUT2D eigenvalue weighted by molar-refractivity contribution is 0.0660. The van der Waals surface area contributed by atoms with E-state index in [1.54, 1.807) is 12.1 Å². The number of carboxylic acids is 1. The van der Waals surface area contributed by atoms with Crippen molar-refractivity contribution in [1.82, 2.24) is 0 Å². The van der Waals surface area contributed by atoms with Gasteiger partial charge in [0.1, 0.15) is 5.76 Å². The van der Waals surface area contributed by atoms with Crippen LogP contribution in [-0.4, -0.2) is 11.1 Å². The van der Waals surface area contributed by atoms with Gasteiger partial charge in [-0.05, 0) is 42.8 Å². The summed E-state index contributed by atoms with van der Waals surface area (Å²) in [6.45, 7) is 2.37. The van der Waals surface area contributed by atoms with Crippen molar-refractivity contribution in [2.75, 3.05) is 5.32 Å². The molecule has 0 fully saturated rings. The van der Waals surface area contributed by atoms with Gasteiger partial charge < -0.3 is 14.8 Å². The van der Waals surface area contributed by atoms with Gasteiger partial charge >= 0.3 is 5.97 Å². The Morgan fingerprint density at radius 3 is 2.78 bits per heavy atom. The van der Waals surface area contributed by atoms with Crippen molar-refractivity contribution in [1.29, 1.82) is 0 Å². The molecule has 18 heavy (non-hydrogen) atoms. The fraction of sp³-hybridized carbons (Fsp3) is 0.154. The Hall–Kier alpha value is -1.94. The van der Waals surface area contributed by atoms with Gasteiger partial charge in [-0.15, -0.1) is 0 Å². The summed E-state index contributed by atoms with van der Waals surface area (Å²) in [4.78, 5) is 10.7. The van der Waals surface area contributed by atoms with Gasteiger partial charge in [-0.2, -0.15) is 0 Å². The SMILES string of the molecule is Cc1cc(Cl)ccc1NCc1ccc(C(=O)O)o1. The summed E-state index contributed by atoms with van der Waals surface area (Å²) in [6.07, 6.45) is 0. The third-order valence-corrected chi connectivity index (χ3v) is 2.75. The Bertz CT molecular complexity index is 577. The summed E-state index contributed by atoms with van der Waals surface area (Å²) in [5.74, 6) is -0.551. The van der Waals surface area contributed by atoms with E-state index in [9.17, 15) is 4.79 Å². The monoisotopic (exact) mass is 265 g/mol. The highest BCUT2D eigenvalue weighted by Gasteiger charge is 2.08. The number of benzene rings is 1. The summed E-state index contributed by atoms with van der Waals surface area (Å²) in [6, 6.07) is 8.60. The van der Waals surface area contributed by atoms with Crippen LogP contribution in [-0.2, 0) is 6.54 Å². The number of anilines is 1. The highest BCUT2D eigenvalue weighted by Crippen LogP contribution is 2.20. The first-order chi connectivity index (χ1) is 8.56. The standard InChI is InChI=1S/C13H12ClNO3/c1-8-6-9(14)2-4-11(8)15-7-10-3-5-12(18-10)13(16)17/h2-6,15H,7H2,1H3,(H,16,17). The van der Waals surface area contributed by atoms with Crippen molar-refractivity contribution >= 4 is 23.3 Å². The highest BCUT2D eigenvalue weighted by molar-refractivity contribution is 6.30. The van der Waals surface area contributed by atoms with Crippen LogP contribution in [0.5, 0.6) is 0 Å². The van der Waals surface area contributed by atoms with Crippen molar-refractivity contribution in [3.63, 3.8) is 0 Å².